The number of halogens is 3. The average molecular weight is 329 g/mol. The molecule has 2 aromatic carbocycles. The third kappa shape index (κ3) is 2.94. The zero-order valence-electron chi connectivity index (χ0n) is 10.3. The first-order chi connectivity index (χ1) is 9.13. The first-order valence-electron chi connectivity index (χ1n) is 5.83. The first-order valence-corrected chi connectivity index (χ1v) is 6.59. The van der Waals surface area contributed by atoms with Gasteiger partial charge in [0.1, 0.15) is 11.3 Å². The average Bonchev–Trinajstić information content (AvgIpc) is 2.80. The minimum Gasteiger partial charge on any atom is -0.459 e. The van der Waals surface area contributed by atoms with E-state index in [2.05, 4.69) is 0 Å². The Morgan fingerprint density at radius 2 is 1.60 bits per heavy atom. The first kappa shape index (κ1) is 15.2. The topological polar surface area (TPSA) is 39.2 Å². The molecule has 2 N–H and O–H groups in total. The fourth-order valence-electron chi connectivity index (χ4n) is 2.07. The van der Waals surface area contributed by atoms with Crippen molar-refractivity contribution in [3.63, 3.8) is 0 Å². The number of hydrogen-bond acceptors (Lipinski definition) is 2. The van der Waals surface area contributed by atoms with Gasteiger partial charge in [-0.25, -0.2) is 0 Å². The Labute approximate surface area is 132 Å². The molecule has 2 nitrogen and oxygen atoms in total. The molecule has 0 spiro atoms. The standard InChI is InChI=1S/C15H11Cl2NO.ClH/c16-11-5-10(6-12(17)8-11)15(18)14-7-9-3-1-2-4-13(9)19-14;/h1-8,15H,18H2;1H. The molecular formula is C15H12Cl3NO. The van der Waals surface area contributed by atoms with E-state index in [0.29, 0.717) is 15.8 Å². The van der Waals surface area contributed by atoms with Crippen molar-refractivity contribution in [3.8, 4) is 0 Å². The van der Waals surface area contributed by atoms with Crippen LogP contribution >= 0.6 is 35.6 Å². The van der Waals surface area contributed by atoms with Crippen LogP contribution in [0.3, 0.4) is 0 Å². The van der Waals surface area contributed by atoms with Gasteiger partial charge in [0.15, 0.2) is 0 Å². The molecule has 3 aromatic rings. The summed E-state index contributed by atoms with van der Waals surface area (Å²) in [5.74, 6) is 0.694. The lowest BCUT2D eigenvalue weighted by Gasteiger charge is -2.10. The highest BCUT2D eigenvalue weighted by molar-refractivity contribution is 6.34. The van der Waals surface area contributed by atoms with Crippen LogP contribution in [-0.4, -0.2) is 0 Å². The molecule has 104 valence electrons. The molecule has 0 aliphatic carbocycles. The van der Waals surface area contributed by atoms with Crippen LogP contribution in [0.4, 0.5) is 0 Å². The zero-order valence-corrected chi connectivity index (χ0v) is 12.7. The van der Waals surface area contributed by atoms with Crippen molar-refractivity contribution in [3.05, 3.63) is 69.9 Å². The van der Waals surface area contributed by atoms with Crippen LogP contribution in [0.1, 0.15) is 17.4 Å². The Hall–Kier alpha value is -1.19. The number of hydrogen-bond donors (Lipinski definition) is 1. The highest BCUT2D eigenvalue weighted by Gasteiger charge is 2.15. The van der Waals surface area contributed by atoms with E-state index in [1.807, 2.05) is 30.3 Å². The molecular weight excluding hydrogens is 317 g/mol. The van der Waals surface area contributed by atoms with Crippen LogP contribution < -0.4 is 5.73 Å². The Bertz CT molecular complexity index is 686. The summed E-state index contributed by atoms with van der Waals surface area (Å²) < 4.78 is 5.75. The van der Waals surface area contributed by atoms with Crippen LogP contribution in [-0.2, 0) is 0 Å². The lowest BCUT2D eigenvalue weighted by molar-refractivity contribution is 0.525. The number of para-hydroxylation sites is 1. The van der Waals surface area contributed by atoms with Gasteiger partial charge in [0, 0.05) is 15.4 Å². The fraction of sp³-hybridized carbons (Fsp3) is 0.0667. The van der Waals surface area contributed by atoms with Gasteiger partial charge in [-0.1, -0.05) is 41.4 Å². The summed E-state index contributed by atoms with van der Waals surface area (Å²) >= 11 is 12.0. The minimum absolute atomic E-state index is 0. The second kappa shape index (κ2) is 6.06. The van der Waals surface area contributed by atoms with E-state index < -0.39 is 0 Å². The molecule has 0 aliphatic rings. The van der Waals surface area contributed by atoms with Crippen molar-refractivity contribution in [2.45, 2.75) is 6.04 Å². The lowest BCUT2D eigenvalue weighted by atomic mass is 10.1. The van der Waals surface area contributed by atoms with E-state index >= 15 is 0 Å². The summed E-state index contributed by atoms with van der Waals surface area (Å²) in [6, 6.07) is 14.6. The van der Waals surface area contributed by atoms with Crippen molar-refractivity contribution in [2.24, 2.45) is 5.73 Å². The normalized spacial score (nSPS) is 12.2. The maximum absolute atomic E-state index is 6.21. The lowest BCUT2D eigenvalue weighted by Crippen LogP contribution is -2.10. The van der Waals surface area contributed by atoms with E-state index in [-0.39, 0.29) is 18.4 Å². The SMILES string of the molecule is Cl.NC(c1cc(Cl)cc(Cl)c1)c1cc2ccccc2o1. The monoisotopic (exact) mass is 327 g/mol. The van der Waals surface area contributed by atoms with Gasteiger partial charge in [0.05, 0.1) is 6.04 Å². The second-order valence-electron chi connectivity index (χ2n) is 4.37. The van der Waals surface area contributed by atoms with Crippen LogP contribution in [0.15, 0.2) is 52.9 Å². The van der Waals surface area contributed by atoms with Gasteiger partial charge in [-0.05, 0) is 35.9 Å². The molecule has 0 saturated carbocycles. The van der Waals surface area contributed by atoms with E-state index in [1.165, 1.54) is 0 Å². The van der Waals surface area contributed by atoms with Crippen molar-refractivity contribution in [1.29, 1.82) is 0 Å². The second-order valence-corrected chi connectivity index (χ2v) is 5.24. The Morgan fingerprint density at radius 1 is 0.950 bits per heavy atom. The van der Waals surface area contributed by atoms with Crippen LogP contribution in [0.25, 0.3) is 11.0 Å². The van der Waals surface area contributed by atoms with Crippen LogP contribution in [0, 0.1) is 0 Å². The number of nitrogens with two attached hydrogens (primary N) is 1. The minimum atomic E-state index is -0.386. The molecule has 20 heavy (non-hydrogen) atoms. The molecule has 0 radical (unpaired) electrons. The highest BCUT2D eigenvalue weighted by atomic mass is 35.5. The molecule has 5 heteroatoms. The van der Waals surface area contributed by atoms with Crippen molar-refractivity contribution in [2.75, 3.05) is 0 Å². The Morgan fingerprint density at radius 3 is 2.25 bits per heavy atom. The fourth-order valence-corrected chi connectivity index (χ4v) is 2.62. The van der Waals surface area contributed by atoms with Crippen molar-refractivity contribution in [1.82, 2.24) is 0 Å². The van der Waals surface area contributed by atoms with E-state index in [4.69, 9.17) is 33.4 Å². The maximum Gasteiger partial charge on any atom is 0.134 e. The third-order valence-electron chi connectivity index (χ3n) is 3.00. The predicted octanol–water partition coefficient (Wildman–Crippen LogP) is 5.21. The molecule has 1 aromatic heterocycles. The number of benzene rings is 2. The molecule has 3 rings (SSSR count). The predicted molar refractivity (Wildman–Crippen MR) is 86.0 cm³/mol. The van der Waals surface area contributed by atoms with E-state index in [0.717, 1.165) is 16.5 Å². The molecule has 1 unspecified atom stereocenters. The van der Waals surface area contributed by atoms with Gasteiger partial charge < -0.3 is 10.2 Å². The van der Waals surface area contributed by atoms with Gasteiger partial charge in [-0.3, -0.25) is 0 Å². The number of fused-ring (bicyclic) bond motifs is 1. The van der Waals surface area contributed by atoms with Crippen LogP contribution in [0.2, 0.25) is 10.0 Å². The molecule has 0 aliphatic heterocycles. The molecule has 0 amide bonds. The van der Waals surface area contributed by atoms with E-state index in [9.17, 15) is 0 Å². The number of rotatable bonds is 2. The Balaban J connectivity index is 0.00000147. The quantitative estimate of drug-likeness (QED) is 0.701. The summed E-state index contributed by atoms with van der Waals surface area (Å²) in [4.78, 5) is 0. The van der Waals surface area contributed by atoms with Gasteiger partial charge in [-0.2, -0.15) is 0 Å². The Kier molecular flexibility index (Phi) is 4.61. The van der Waals surface area contributed by atoms with Gasteiger partial charge in [0.25, 0.3) is 0 Å². The molecule has 1 heterocycles. The number of furan rings is 1. The highest BCUT2D eigenvalue weighted by Crippen LogP contribution is 2.29. The summed E-state index contributed by atoms with van der Waals surface area (Å²) in [7, 11) is 0. The van der Waals surface area contributed by atoms with E-state index in [1.54, 1.807) is 18.2 Å². The van der Waals surface area contributed by atoms with Gasteiger partial charge in [-0.15, -0.1) is 12.4 Å². The summed E-state index contributed by atoms with van der Waals surface area (Å²) in [6.45, 7) is 0. The van der Waals surface area contributed by atoms with Gasteiger partial charge in [0.2, 0.25) is 0 Å². The zero-order chi connectivity index (χ0) is 13.4. The largest absolute Gasteiger partial charge is 0.459 e. The molecule has 0 fully saturated rings. The maximum atomic E-state index is 6.21. The van der Waals surface area contributed by atoms with Crippen molar-refractivity contribution < 1.29 is 4.42 Å². The van der Waals surface area contributed by atoms with Crippen LogP contribution in [0.5, 0.6) is 0 Å². The van der Waals surface area contributed by atoms with Crippen molar-refractivity contribution >= 4 is 46.6 Å². The summed E-state index contributed by atoms with van der Waals surface area (Å²) in [6.07, 6.45) is 0. The summed E-state index contributed by atoms with van der Waals surface area (Å²) in [5.41, 5.74) is 7.86. The molecule has 0 saturated heterocycles. The van der Waals surface area contributed by atoms with Gasteiger partial charge >= 0.3 is 0 Å². The smallest absolute Gasteiger partial charge is 0.134 e. The third-order valence-corrected chi connectivity index (χ3v) is 3.43. The summed E-state index contributed by atoms with van der Waals surface area (Å²) in [5, 5.41) is 2.16. The molecule has 1 atom stereocenters. The molecule has 0 bridgehead atoms.